The van der Waals surface area contributed by atoms with Gasteiger partial charge in [0.25, 0.3) is 5.91 Å². The second-order valence-corrected chi connectivity index (χ2v) is 11.1. The highest BCUT2D eigenvalue weighted by molar-refractivity contribution is 6.00. The average molecular weight is 610 g/mol. The molecule has 11 heteroatoms. The van der Waals surface area contributed by atoms with Gasteiger partial charge in [0, 0.05) is 56.5 Å². The number of aromatic nitrogens is 2. The maximum absolute atomic E-state index is 12.7. The number of hydrogen-bond donors (Lipinski definition) is 3. The molecule has 1 aromatic heterocycles. The van der Waals surface area contributed by atoms with Gasteiger partial charge in [0.1, 0.15) is 23.1 Å². The predicted molar refractivity (Wildman–Crippen MR) is 177 cm³/mol. The number of carbonyl (C=O) groups excluding carboxylic acids is 1. The molecule has 4 aromatic rings. The lowest BCUT2D eigenvalue weighted by Gasteiger charge is -2.29. The first kappa shape index (κ1) is 30.0. The number of anilines is 6. The summed E-state index contributed by atoms with van der Waals surface area (Å²) >= 11 is 0. The summed E-state index contributed by atoms with van der Waals surface area (Å²) in [5.41, 5.74) is 5.15. The monoisotopic (exact) mass is 609 g/mol. The summed E-state index contributed by atoms with van der Waals surface area (Å²) in [6, 6.07) is 21.6. The van der Waals surface area contributed by atoms with E-state index in [1.807, 2.05) is 42.5 Å². The van der Waals surface area contributed by atoms with Crippen LogP contribution in [0.25, 0.3) is 0 Å². The summed E-state index contributed by atoms with van der Waals surface area (Å²) in [5.74, 6) is 3.36. The van der Waals surface area contributed by atoms with Crippen LogP contribution in [0.3, 0.4) is 0 Å². The number of nitrogens with zero attached hydrogens (tertiary/aromatic N) is 4. The van der Waals surface area contributed by atoms with Gasteiger partial charge in [0.2, 0.25) is 5.95 Å². The molecular formula is C34H39N7O4. The Hall–Kier alpha value is -5.03. The molecular weight excluding hydrogens is 570 g/mol. The smallest absolute Gasteiger partial charge is 0.253 e. The van der Waals surface area contributed by atoms with Crippen molar-refractivity contribution in [1.29, 1.82) is 0 Å². The molecule has 3 N–H and O–H groups in total. The molecule has 3 heterocycles. The molecule has 45 heavy (non-hydrogen) atoms. The lowest BCUT2D eigenvalue weighted by Crippen LogP contribution is -2.36. The Balaban J connectivity index is 1.38. The number of rotatable bonds is 10. The molecule has 0 aliphatic carbocycles. The molecule has 11 nitrogen and oxygen atoms in total. The van der Waals surface area contributed by atoms with Crippen molar-refractivity contribution < 1.29 is 19.0 Å². The van der Waals surface area contributed by atoms with Crippen LogP contribution in [0.2, 0.25) is 0 Å². The van der Waals surface area contributed by atoms with Gasteiger partial charge in [0.05, 0.1) is 44.4 Å². The van der Waals surface area contributed by atoms with E-state index in [1.54, 1.807) is 27.3 Å². The molecule has 2 aliphatic rings. The van der Waals surface area contributed by atoms with Crippen molar-refractivity contribution in [2.24, 2.45) is 0 Å². The maximum Gasteiger partial charge on any atom is 0.253 e. The van der Waals surface area contributed by atoms with Crippen LogP contribution in [0.15, 0.2) is 66.7 Å². The highest BCUT2D eigenvalue weighted by Crippen LogP contribution is 2.42. The fourth-order valence-corrected chi connectivity index (χ4v) is 5.88. The zero-order valence-electron chi connectivity index (χ0n) is 26.1. The van der Waals surface area contributed by atoms with Crippen LogP contribution >= 0.6 is 0 Å². The Morgan fingerprint density at radius 2 is 1.73 bits per heavy atom. The number of fused-ring (bicyclic) bond motifs is 1. The molecule has 0 radical (unpaired) electrons. The first-order valence-corrected chi connectivity index (χ1v) is 15.1. The molecule has 1 unspecified atom stereocenters. The van der Waals surface area contributed by atoms with E-state index in [1.165, 1.54) is 0 Å². The van der Waals surface area contributed by atoms with Crippen LogP contribution in [-0.2, 0) is 11.3 Å². The molecule has 0 bridgehead atoms. The molecule has 0 spiro atoms. The van der Waals surface area contributed by atoms with Crippen molar-refractivity contribution in [2.75, 3.05) is 74.5 Å². The van der Waals surface area contributed by atoms with Gasteiger partial charge < -0.3 is 40.0 Å². The highest BCUT2D eigenvalue weighted by Gasteiger charge is 2.32. The molecule has 3 aromatic carbocycles. The average Bonchev–Trinajstić information content (AvgIpc) is 3.39. The Labute approximate surface area is 263 Å². The van der Waals surface area contributed by atoms with Gasteiger partial charge in [-0.2, -0.15) is 9.97 Å². The predicted octanol–water partition coefficient (Wildman–Crippen LogP) is 5.30. The van der Waals surface area contributed by atoms with Gasteiger partial charge in [-0.25, -0.2) is 0 Å². The number of methoxy groups -OCH3 is 2. The number of para-hydroxylation sites is 1. The third-order valence-corrected chi connectivity index (χ3v) is 8.20. The lowest BCUT2D eigenvalue weighted by molar-refractivity contribution is 0.0964. The van der Waals surface area contributed by atoms with E-state index < -0.39 is 0 Å². The SMILES string of the molecule is CNC(=O)c1ccccc1Nc1nc(Nc2ccc(N3CCOCC3)cc2OC)nc2c1C(C)CN2Cc1ccc(OC)cc1. The van der Waals surface area contributed by atoms with E-state index in [4.69, 9.17) is 24.2 Å². The van der Waals surface area contributed by atoms with E-state index in [0.29, 0.717) is 48.5 Å². The maximum atomic E-state index is 12.7. The first-order chi connectivity index (χ1) is 22.0. The topological polar surface area (TPSA) is 113 Å². The number of benzene rings is 3. The second kappa shape index (κ2) is 13.3. The van der Waals surface area contributed by atoms with Crippen molar-refractivity contribution in [3.05, 3.63) is 83.4 Å². The molecule has 1 amide bonds. The minimum atomic E-state index is -0.179. The van der Waals surface area contributed by atoms with Crippen molar-refractivity contribution in [1.82, 2.24) is 15.3 Å². The summed E-state index contributed by atoms with van der Waals surface area (Å²) < 4.78 is 16.7. The summed E-state index contributed by atoms with van der Waals surface area (Å²) in [7, 11) is 4.95. The lowest BCUT2D eigenvalue weighted by atomic mass is 10.1. The number of carbonyl (C=O) groups is 1. The van der Waals surface area contributed by atoms with Crippen LogP contribution in [0.4, 0.5) is 34.6 Å². The largest absolute Gasteiger partial charge is 0.497 e. The van der Waals surface area contributed by atoms with Gasteiger partial charge in [-0.1, -0.05) is 31.2 Å². The second-order valence-electron chi connectivity index (χ2n) is 11.1. The van der Waals surface area contributed by atoms with Crippen molar-refractivity contribution in [3.63, 3.8) is 0 Å². The number of ether oxygens (including phenoxy) is 3. The summed E-state index contributed by atoms with van der Waals surface area (Å²) in [6.07, 6.45) is 0. The molecule has 1 fully saturated rings. The van der Waals surface area contributed by atoms with E-state index in [9.17, 15) is 4.79 Å². The fourth-order valence-electron chi connectivity index (χ4n) is 5.88. The van der Waals surface area contributed by atoms with Crippen LogP contribution in [-0.4, -0.2) is 70.0 Å². The zero-order valence-corrected chi connectivity index (χ0v) is 26.1. The molecule has 1 saturated heterocycles. The Morgan fingerprint density at radius 3 is 2.47 bits per heavy atom. The van der Waals surface area contributed by atoms with Gasteiger partial charge in [-0.15, -0.1) is 0 Å². The Kier molecular flexibility index (Phi) is 8.88. The van der Waals surface area contributed by atoms with Crippen LogP contribution < -0.4 is 35.2 Å². The molecule has 0 saturated carbocycles. The minimum Gasteiger partial charge on any atom is -0.497 e. The van der Waals surface area contributed by atoms with Crippen molar-refractivity contribution in [3.8, 4) is 11.5 Å². The summed E-state index contributed by atoms with van der Waals surface area (Å²) in [5, 5.41) is 9.63. The van der Waals surface area contributed by atoms with Gasteiger partial charge in [0.15, 0.2) is 0 Å². The van der Waals surface area contributed by atoms with Crippen LogP contribution in [0, 0.1) is 0 Å². The van der Waals surface area contributed by atoms with Crippen LogP contribution in [0.1, 0.15) is 34.3 Å². The summed E-state index contributed by atoms with van der Waals surface area (Å²) in [6.45, 7) is 6.68. The number of nitrogens with one attached hydrogen (secondary N) is 3. The summed E-state index contributed by atoms with van der Waals surface area (Å²) in [4.78, 5) is 27.3. The van der Waals surface area contributed by atoms with Crippen molar-refractivity contribution in [2.45, 2.75) is 19.4 Å². The molecule has 6 rings (SSSR count). The van der Waals surface area contributed by atoms with Gasteiger partial charge in [-0.3, -0.25) is 4.79 Å². The normalized spacial score (nSPS) is 15.8. The standard InChI is InChI=1S/C34H39N7O4/c1-22-20-41(21-23-9-12-25(43-3)13-10-23)32-30(22)31(36-27-8-6-5-7-26(27)33(42)35-2)38-34(39-32)37-28-14-11-24(19-29(28)44-4)40-15-17-45-18-16-40/h5-14,19,22H,15-18,20-21H2,1-4H3,(H,35,42)(H2,36,37,38,39). The highest BCUT2D eigenvalue weighted by atomic mass is 16.5. The van der Waals surface area contributed by atoms with Gasteiger partial charge in [-0.05, 0) is 42.0 Å². The van der Waals surface area contributed by atoms with E-state index >= 15 is 0 Å². The fraction of sp³-hybridized carbons (Fsp3) is 0.324. The van der Waals surface area contributed by atoms with Crippen molar-refractivity contribution >= 4 is 40.6 Å². The molecule has 2 aliphatic heterocycles. The number of morpholine rings is 1. The quantitative estimate of drug-likeness (QED) is 0.219. The number of hydrogen-bond acceptors (Lipinski definition) is 10. The molecule has 1 atom stereocenters. The zero-order chi connectivity index (χ0) is 31.3. The Bertz CT molecular complexity index is 1660. The third kappa shape index (κ3) is 6.44. The van der Waals surface area contributed by atoms with E-state index in [0.717, 1.165) is 53.7 Å². The minimum absolute atomic E-state index is 0.143. The van der Waals surface area contributed by atoms with E-state index in [2.05, 4.69) is 50.9 Å². The van der Waals surface area contributed by atoms with E-state index in [-0.39, 0.29) is 11.8 Å². The first-order valence-electron chi connectivity index (χ1n) is 15.1. The Morgan fingerprint density at radius 1 is 0.956 bits per heavy atom. The van der Waals surface area contributed by atoms with Crippen LogP contribution in [0.5, 0.6) is 11.5 Å². The number of amides is 1. The third-order valence-electron chi connectivity index (χ3n) is 8.20. The molecule has 234 valence electrons. The van der Waals surface area contributed by atoms with Gasteiger partial charge >= 0.3 is 0 Å².